The smallest absolute Gasteiger partial charge is 0.311 e. The Morgan fingerprint density at radius 3 is 2.18 bits per heavy atom. The van der Waals surface area contributed by atoms with E-state index in [0.29, 0.717) is 45.0 Å². The number of hydrogen-bond acceptors (Lipinski definition) is 8. The van der Waals surface area contributed by atoms with Crippen LogP contribution in [0.5, 0.6) is 0 Å². The zero-order valence-corrected chi connectivity index (χ0v) is 19.4. The van der Waals surface area contributed by atoms with Crippen LogP contribution in [0.4, 0.5) is 5.69 Å². The normalized spacial score (nSPS) is 17.6. The van der Waals surface area contributed by atoms with E-state index in [1.807, 2.05) is 18.2 Å². The Balaban J connectivity index is 1.24. The van der Waals surface area contributed by atoms with Gasteiger partial charge in [-0.05, 0) is 36.4 Å². The lowest BCUT2D eigenvalue weighted by atomic mass is 10.2. The Morgan fingerprint density at radius 1 is 0.824 bits per heavy atom. The lowest BCUT2D eigenvalue weighted by molar-refractivity contribution is 0.0707. The van der Waals surface area contributed by atoms with Gasteiger partial charge in [-0.15, -0.1) is 10.2 Å². The van der Waals surface area contributed by atoms with Crippen LogP contribution < -0.4 is 4.90 Å². The molecule has 2 fully saturated rings. The maximum Gasteiger partial charge on any atom is 0.311 e. The first-order valence-corrected chi connectivity index (χ1v) is 12.6. The highest BCUT2D eigenvalue weighted by Gasteiger charge is 2.28. The molecule has 1 amide bonds. The molecule has 2 aromatic carbocycles. The molecular weight excluding hydrogens is 458 g/mol. The Labute approximate surface area is 197 Å². The molecule has 3 aromatic rings. The minimum absolute atomic E-state index is 0.0758. The topological polar surface area (TPSA) is 109 Å². The molecule has 3 heterocycles. The molecule has 2 saturated heterocycles. The quantitative estimate of drug-likeness (QED) is 0.540. The van der Waals surface area contributed by atoms with E-state index in [1.165, 1.54) is 16.4 Å². The zero-order valence-electron chi connectivity index (χ0n) is 18.5. The van der Waals surface area contributed by atoms with Crippen molar-refractivity contribution in [3.63, 3.8) is 0 Å². The number of hydrogen-bond donors (Lipinski definition) is 0. The van der Waals surface area contributed by atoms with Crippen molar-refractivity contribution in [3.8, 4) is 11.5 Å². The van der Waals surface area contributed by atoms with Gasteiger partial charge in [0.15, 0.2) is 0 Å². The number of carbonyl (C=O) groups is 1. The summed E-state index contributed by atoms with van der Waals surface area (Å²) in [5, 5.41) is 7.92. The van der Waals surface area contributed by atoms with Crippen LogP contribution in [0.25, 0.3) is 11.5 Å². The van der Waals surface area contributed by atoms with Crippen molar-refractivity contribution in [1.29, 1.82) is 0 Å². The number of amides is 1. The molecule has 0 aliphatic carbocycles. The molecule has 0 saturated carbocycles. The summed E-state index contributed by atoms with van der Waals surface area (Å²) in [7, 11) is -3.59. The number of ether oxygens (including phenoxy) is 1. The van der Waals surface area contributed by atoms with Gasteiger partial charge in [0.05, 0.1) is 18.1 Å². The summed E-state index contributed by atoms with van der Waals surface area (Å²) in [6.07, 6.45) is 0. The van der Waals surface area contributed by atoms with Crippen LogP contribution in [0, 0.1) is 0 Å². The largest absolute Gasteiger partial charge is 0.412 e. The van der Waals surface area contributed by atoms with Gasteiger partial charge >= 0.3 is 11.8 Å². The fourth-order valence-electron chi connectivity index (χ4n) is 4.07. The summed E-state index contributed by atoms with van der Waals surface area (Å²) in [4.78, 5) is 17.0. The maximum atomic E-state index is 12.9. The van der Waals surface area contributed by atoms with E-state index in [1.54, 1.807) is 17.0 Å². The molecule has 11 heteroatoms. The summed E-state index contributed by atoms with van der Waals surface area (Å²) in [5.41, 5.74) is 1.68. The van der Waals surface area contributed by atoms with Crippen LogP contribution in [0.15, 0.2) is 63.9 Å². The first-order valence-electron chi connectivity index (χ1n) is 11.1. The number of carbonyl (C=O) groups excluding carboxylic acids is 1. The molecule has 0 N–H and O–H groups in total. The van der Waals surface area contributed by atoms with E-state index in [4.69, 9.17) is 9.15 Å². The average molecular weight is 484 g/mol. The van der Waals surface area contributed by atoms with Gasteiger partial charge in [-0.1, -0.05) is 18.2 Å². The summed E-state index contributed by atoms with van der Waals surface area (Å²) in [6, 6.07) is 16.3. The molecular formula is C23H25N5O5S. The molecule has 0 radical (unpaired) electrons. The Morgan fingerprint density at radius 2 is 1.50 bits per heavy atom. The fourth-order valence-corrected chi connectivity index (χ4v) is 5.48. The molecule has 1 aromatic heterocycles. The van der Waals surface area contributed by atoms with Crippen LogP contribution in [0.2, 0.25) is 0 Å². The van der Waals surface area contributed by atoms with Gasteiger partial charge in [-0.2, -0.15) is 4.31 Å². The van der Waals surface area contributed by atoms with Gasteiger partial charge in [0.1, 0.15) is 0 Å². The molecule has 178 valence electrons. The molecule has 5 rings (SSSR count). The first kappa shape index (κ1) is 22.5. The second kappa shape index (κ2) is 9.53. The predicted molar refractivity (Wildman–Crippen MR) is 124 cm³/mol. The number of anilines is 1. The van der Waals surface area contributed by atoms with Crippen molar-refractivity contribution < 1.29 is 22.4 Å². The molecule has 10 nitrogen and oxygen atoms in total. The number of nitrogens with zero attached hydrogens (tertiary/aromatic N) is 5. The van der Waals surface area contributed by atoms with Gasteiger partial charge in [-0.25, -0.2) is 8.42 Å². The van der Waals surface area contributed by atoms with Gasteiger partial charge in [0.25, 0.3) is 0 Å². The van der Waals surface area contributed by atoms with Gasteiger partial charge in [0.2, 0.25) is 15.9 Å². The van der Waals surface area contributed by atoms with Crippen molar-refractivity contribution in [2.24, 2.45) is 0 Å². The summed E-state index contributed by atoms with van der Waals surface area (Å²) < 4.78 is 37.8. The molecule has 2 aliphatic rings. The lowest BCUT2D eigenvalue weighted by Gasteiger charge is -2.35. The van der Waals surface area contributed by atoms with Crippen LogP contribution in [0.3, 0.4) is 0 Å². The molecule has 2 aliphatic heterocycles. The predicted octanol–water partition coefficient (Wildman–Crippen LogP) is 1.72. The Kier molecular flexibility index (Phi) is 6.31. The fraction of sp³-hybridized carbons (Fsp3) is 0.348. The third-order valence-corrected chi connectivity index (χ3v) is 7.92. The first-order chi connectivity index (χ1) is 16.5. The standard InChI is InChI=1S/C23H25N5O5S/c29-23(27-12-10-26(11-13-27)19-4-2-1-3-5-19)22-25-24-21(33-22)18-6-8-20(9-7-18)34(30,31)28-14-16-32-17-15-28/h1-9H,10-17H2. The highest BCUT2D eigenvalue weighted by Crippen LogP contribution is 2.23. The van der Waals surface area contributed by atoms with Crippen molar-refractivity contribution in [1.82, 2.24) is 19.4 Å². The SMILES string of the molecule is O=C(c1nnc(-c2ccc(S(=O)(=O)N3CCOCC3)cc2)o1)N1CCN(c2ccccc2)CC1. The Bertz CT molecular complexity index is 1230. The lowest BCUT2D eigenvalue weighted by Crippen LogP contribution is -2.48. The minimum Gasteiger partial charge on any atom is -0.412 e. The van der Waals surface area contributed by atoms with Crippen molar-refractivity contribution in [2.45, 2.75) is 4.90 Å². The summed E-state index contributed by atoms with van der Waals surface area (Å²) in [6.45, 7) is 3.98. The van der Waals surface area contributed by atoms with Crippen LogP contribution in [-0.4, -0.2) is 86.2 Å². The van der Waals surface area contributed by atoms with Crippen molar-refractivity contribution >= 4 is 21.6 Å². The van der Waals surface area contributed by atoms with Crippen LogP contribution in [-0.2, 0) is 14.8 Å². The number of aromatic nitrogens is 2. The van der Waals surface area contributed by atoms with E-state index in [9.17, 15) is 13.2 Å². The average Bonchev–Trinajstić information content (AvgIpc) is 3.40. The number of sulfonamides is 1. The highest BCUT2D eigenvalue weighted by molar-refractivity contribution is 7.89. The molecule has 34 heavy (non-hydrogen) atoms. The number of morpholine rings is 1. The van der Waals surface area contributed by atoms with Crippen molar-refractivity contribution in [3.05, 3.63) is 60.5 Å². The molecule has 0 spiro atoms. The maximum absolute atomic E-state index is 12.9. The molecule has 0 unspecified atom stereocenters. The monoisotopic (exact) mass is 483 g/mol. The third-order valence-electron chi connectivity index (χ3n) is 6.01. The van der Waals surface area contributed by atoms with E-state index in [2.05, 4.69) is 27.2 Å². The van der Waals surface area contributed by atoms with Gasteiger partial charge in [-0.3, -0.25) is 4.79 Å². The number of piperazine rings is 1. The highest BCUT2D eigenvalue weighted by atomic mass is 32.2. The minimum atomic E-state index is -3.59. The van der Waals surface area contributed by atoms with E-state index < -0.39 is 10.0 Å². The van der Waals surface area contributed by atoms with Crippen LogP contribution >= 0.6 is 0 Å². The molecule has 0 atom stereocenters. The number of rotatable bonds is 5. The number of para-hydroxylation sites is 1. The summed E-state index contributed by atoms with van der Waals surface area (Å²) >= 11 is 0. The second-order valence-corrected chi connectivity index (χ2v) is 10.0. The third kappa shape index (κ3) is 4.54. The second-order valence-electron chi connectivity index (χ2n) is 8.07. The van der Waals surface area contributed by atoms with Gasteiger partial charge in [0, 0.05) is 50.5 Å². The van der Waals surface area contributed by atoms with E-state index in [-0.39, 0.29) is 22.6 Å². The number of benzene rings is 2. The van der Waals surface area contributed by atoms with Crippen LogP contribution in [0.1, 0.15) is 10.7 Å². The Hall–Kier alpha value is -3.28. The summed E-state index contributed by atoms with van der Waals surface area (Å²) in [5.74, 6) is -0.215. The van der Waals surface area contributed by atoms with E-state index >= 15 is 0 Å². The van der Waals surface area contributed by atoms with Gasteiger partial charge < -0.3 is 19.0 Å². The molecule has 0 bridgehead atoms. The zero-order chi connectivity index (χ0) is 23.5. The van der Waals surface area contributed by atoms with Crippen molar-refractivity contribution in [2.75, 3.05) is 57.4 Å². The van der Waals surface area contributed by atoms with E-state index in [0.717, 1.165) is 18.8 Å².